The molecule has 1 atom stereocenters. The molecule has 1 saturated heterocycles. The van der Waals surface area contributed by atoms with Crippen molar-refractivity contribution in [1.29, 1.82) is 0 Å². The van der Waals surface area contributed by atoms with E-state index in [4.69, 9.17) is 11.6 Å². The maximum Gasteiger partial charge on any atom is 0.231 e. The van der Waals surface area contributed by atoms with Crippen molar-refractivity contribution in [1.82, 2.24) is 10.3 Å². The second-order valence-corrected chi connectivity index (χ2v) is 9.55. The Morgan fingerprint density at radius 2 is 2.00 bits per heavy atom. The van der Waals surface area contributed by atoms with Gasteiger partial charge < -0.3 is 15.5 Å². The summed E-state index contributed by atoms with van der Waals surface area (Å²) >= 11 is 8.79. The summed E-state index contributed by atoms with van der Waals surface area (Å²) < 4.78 is 0. The third-order valence-electron chi connectivity index (χ3n) is 4.79. The molecule has 31 heavy (non-hydrogen) atoms. The number of anilines is 2. The Labute approximate surface area is 192 Å². The number of benzene rings is 1. The molecule has 2 N–H and O–H groups in total. The summed E-state index contributed by atoms with van der Waals surface area (Å²) in [6.45, 7) is 2.28. The number of rotatable bonds is 6. The topological polar surface area (TPSA) is 91.4 Å². The molecular formula is C21H19ClN4O3S2. The number of amides is 3. The third kappa shape index (κ3) is 5.12. The van der Waals surface area contributed by atoms with E-state index >= 15 is 0 Å². The summed E-state index contributed by atoms with van der Waals surface area (Å²) in [5.74, 6) is -0.828. The third-order valence-corrected chi connectivity index (χ3v) is 6.91. The van der Waals surface area contributed by atoms with Gasteiger partial charge in [-0.1, -0.05) is 11.6 Å². The summed E-state index contributed by atoms with van der Waals surface area (Å²) in [5.41, 5.74) is 1.50. The zero-order chi connectivity index (χ0) is 22.0. The van der Waals surface area contributed by atoms with Crippen LogP contribution < -0.4 is 15.5 Å². The van der Waals surface area contributed by atoms with Crippen molar-refractivity contribution in [2.45, 2.75) is 19.9 Å². The molecule has 3 aromatic rings. The molecule has 1 aromatic carbocycles. The Bertz CT molecular complexity index is 1130. The molecule has 10 heteroatoms. The van der Waals surface area contributed by atoms with Gasteiger partial charge in [-0.3, -0.25) is 14.4 Å². The molecule has 3 amide bonds. The van der Waals surface area contributed by atoms with Crippen LogP contribution in [-0.2, 0) is 20.9 Å². The van der Waals surface area contributed by atoms with Crippen LogP contribution in [0.4, 0.5) is 10.8 Å². The van der Waals surface area contributed by atoms with Gasteiger partial charge in [0.25, 0.3) is 0 Å². The maximum absolute atomic E-state index is 12.7. The van der Waals surface area contributed by atoms with Crippen LogP contribution in [0.1, 0.15) is 18.2 Å². The lowest BCUT2D eigenvalue weighted by Crippen LogP contribution is -2.28. The molecule has 1 aliphatic rings. The Morgan fingerprint density at radius 3 is 2.74 bits per heavy atom. The highest BCUT2D eigenvalue weighted by Gasteiger charge is 2.35. The number of thiazole rings is 1. The van der Waals surface area contributed by atoms with E-state index in [1.54, 1.807) is 40.5 Å². The summed E-state index contributed by atoms with van der Waals surface area (Å²) in [6, 6.07) is 10.9. The predicted octanol–water partition coefficient (Wildman–Crippen LogP) is 4.15. The smallest absolute Gasteiger partial charge is 0.231 e. The SMILES string of the molecule is CC(=O)NCc1ccc(-c2csc(NC(=O)C3CC(=O)N(c4ccc(Cl)cc4)C3)n2)s1. The highest BCUT2D eigenvalue weighted by molar-refractivity contribution is 7.17. The number of carbonyl (C=O) groups excluding carboxylic acids is 3. The van der Waals surface area contributed by atoms with E-state index in [0.717, 1.165) is 21.1 Å². The van der Waals surface area contributed by atoms with Gasteiger partial charge in [0.1, 0.15) is 0 Å². The van der Waals surface area contributed by atoms with Crippen molar-refractivity contribution >= 4 is 62.8 Å². The molecule has 3 heterocycles. The van der Waals surface area contributed by atoms with Gasteiger partial charge in [-0.2, -0.15) is 0 Å². The van der Waals surface area contributed by atoms with Crippen LogP contribution in [-0.4, -0.2) is 29.3 Å². The van der Waals surface area contributed by atoms with Gasteiger partial charge in [0, 0.05) is 40.9 Å². The van der Waals surface area contributed by atoms with E-state index in [9.17, 15) is 14.4 Å². The fraction of sp³-hybridized carbons (Fsp3) is 0.238. The zero-order valence-electron chi connectivity index (χ0n) is 16.6. The average Bonchev–Trinajstić information content (AvgIpc) is 3.47. The minimum atomic E-state index is -0.443. The number of hydrogen-bond donors (Lipinski definition) is 2. The van der Waals surface area contributed by atoms with Crippen molar-refractivity contribution in [2.24, 2.45) is 5.92 Å². The van der Waals surface area contributed by atoms with Gasteiger partial charge in [0.2, 0.25) is 17.7 Å². The number of hydrogen-bond acceptors (Lipinski definition) is 6. The van der Waals surface area contributed by atoms with Crippen LogP contribution in [0.5, 0.6) is 0 Å². The first-order valence-electron chi connectivity index (χ1n) is 9.55. The van der Waals surface area contributed by atoms with E-state index in [1.807, 2.05) is 17.5 Å². The van der Waals surface area contributed by atoms with Crippen molar-refractivity contribution in [3.05, 3.63) is 51.7 Å². The van der Waals surface area contributed by atoms with Gasteiger partial charge in [0.05, 0.1) is 23.0 Å². The lowest BCUT2D eigenvalue weighted by molar-refractivity contribution is -0.122. The summed E-state index contributed by atoms with van der Waals surface area (Å²) in [6.07, 6.45) is 0.157. The van der Waals surface area contributed by atoms with Gasteiger partial charge in [-0.05, 0) is 36.4 Å². The predicted molar refractivity (Wildman–Crippen MR) is 123 cm³/mol. The van der Waals surface area contributed by atoms with Crippen molar-refractivity contribution in [3.63, 3.8) is 0 Å². The second-order valence-electron chi connectivity index (χ2n) is 7.08. The molecule has 1 aliphatic heterocycles. The minimum Gasteiger partial charge on any atom is -0.351 e. The van der Waals surface area contributed by atoms with Crippen LogP contribution in [0.3, 0.4) is 0 Å². The number of thiophene rings is 1. The number of nitrogens with zero attached hydrogens (tertiary/aromatic N) is 2. The van der Waals surface area contributed by atoms with Crippen LogP contribution >= 0.6 is 34.3 Å². The van der Waals surface area contributed by atoms with Crippen LogP contribution in [0.15, 0.2) is 41.8 Å². The molecule has 0 spiro atoms. The normalized spacial score (nSPS) is 15.9. The molecule has 0 radical (unpaired) electrons. The number of halogens is 1. The molecule has 0 aliphatic carbocycles. The van der Waals surface area contributed by atoms with Gasteiger partial charge in [-0.15, -0.1) is 22.7 Å². The first kappa shape index (κ1) is 21.5. The minimum absolute atomic E-state index is 0.0753. The highest BCUT2D eigenvalue weighted by Crippen LogP contribution is 2.32. The number of carbonyl (C=O) groups is 3. The first-order valence-corrected chi connectivity index (χ1v) is 11.6. The monoisotopic (exact) mass is 474 g/mol. The Kier molecular flexibility index (Phi) is 6.35. The Balaban J connectivity index is 1.37. The molecule has 0 saturated carbocycles. The molecule has 4 rings (SSSR count). The molecule has 7 nitrogen and oxygen atoms in total. The molecule has 1 fully saturated rings. The fourth-order valence-electron chi connectivity index (χ4n) is 3.23. The van der Waals surface area contributed by atoms with Crippen LogP contribution in [0.25, 0.3) is 10.6 Å². The Morgan fingerprint density at radius 1 is 1.23 bits per heavy atom. The largest absolute Gasteiger partial charge is 0.351 e. The lowest BCUT2D eigenvalue weighted by Gasteiger charge is -2.16. The van der Waals surface area contributed by atoms with E-state index in [2.05, 4.69) is 15.6 Å². The zero-order valence-corrected chi connectivity index (χ0v) is 18.9. The van der Waals surface area contributed by atoms with Crippen molar-refractivity contribution < 1.29 is 14.4 Å². The van der Waals surface area contributed by atoms with Crippen LogP contribution in [0.2, 0.25) is 5.02 Å². The van der Waals surface area contributed by atoms with E-state index in [-0.39, 0.29) is 24.1 Å². The number of nitrogens with one attached hydrogen (secondary N) is 2. The number of aromatic nitrogens is 1. The summed E-state index contributed by atoms with van der Waals surface area (Å²) in [5, 5.41) is 8.58. The molecule has 2 aromatic heterocycles. The van der Waals surface area contributed by atoms with E-state index in [1.165, 1.54) is 18.3 Å². The standard InChI is InChI=1S/C21H19ClN4O3S2/c1-12(27)23-9-16-6-7-18(31-16)17-11-30-21(24-17)25-20(29)13-8-19(28)26(10-13)15-4-2-14(22)3-5-15/h2-7,11,13H,8-10H2,1H3,(H,23,27)(H,24,25,29). The Hall–Kier alpha value is -2.75. The van der Waals surface area contributed by atoms with E-state index < -0.39 is 5.92 Å². The quantitative estimate of drug-likeness (QED) is 0.561. The molecular weight excluding hydrogens is 456 g/mol. The average molecular weight is 475 g/mol. The summed E-state index contributed by atoms with van der Waals surface area (Å²) in [4.78, 5) is 44.2. The molecule has 0 bridgehead atoms. The first-order chi connectivity index (χ1) is 14.9. The lowest BCUT2D eigenvalue weighted by atomic mass is 10.1. The second kappa shape index (κ2) is 9.17. The fourth-order valence-corrected chi connectivity index (χ4v) is 5.05. The highest BCUT2D eigenvalue weighted by atomic mass is 35.5. The van der Waals surface area contributed by atoms with Gasteiger partial charge in [-0.25, -0.2) is 4.98 Å². The maximum atomic E-state index is 12.7. The summed E-state index contributed by atoms with van der Waals surface area (Å²) in [7, 11) is 0. The van der Waals surface area contributed by atoms with Crippen molar-refractivity contribution in [3.8, 4) is 10.6 Å². The van der Waals surface area contributed by atoms with Crippen LogP contribution in [0, 0.1) is 5.92 Å². The molecule has 160 valence electrons. The molecule has 1 unspecified atom stereocenters. The van der Waals surface area contributed by atoms with Crippen molar-refractivity contribution in [2.75, 3.05) is 16.8 Å². The van der Waals surface area contributed by atoms with E-state index in [0.29, 0.717) is 23.2 Å². The van der Waals surface area contributed by atoms with Gasteiger partial charge >= 0.3 is 0 Å². The van der Waals surface area contributed by atoms with Gasteiger partial charge in [0.15, 0.2) is 5.13 Å².